The Bertz CT molecular complexity index is 888. The highest BCUT2D eigenvalue weighted by molar-refractivity contribution is 6.74. The lowest BCUT2D eigenvalue weighted by Crippen LogP contribution is -2.52. The molecule has 182 valence electrons. The van der Waals surface area contributed by atoms with E-state index in [9.17, 15) is 5.26 Å². The Morgan fingerprint density at radius 3 is 2.18 bits per heavy atom. The zero-order valence-electron chi connectivity index (χ0n) is 22.1. The van der Waals surface area contributed by atoms with Crippen molar-refractivity contribution >= 4 is 8.32 Å². The van der Waals surface area contributed by atoms with Crippen LogP contribution >= 0.6 is 0 Å². The zero-order valence-corrected chi connectivity index (χ0v) is 23.1. The summed E-state index contributed by atoms with van der Waals surface area (Å²) < 4.78 is 18.3. The maximum Gasteiger partial charge on any atom is 0.192 e. The van der Waals surface area contributed by atoms with Gasteiger partial charge in [-0.3, -0.25) is 0 Å². The molecule has 3 rings (SSSR count). The average Bonchev–Trinajstić information content (AvgIpc) is 2.74. The Morgan fingerprint density at radius 2 is 1.67 bits per heavy atom. The summed E-state index contributed by atoms with van der Waals surface area (Å²) in [6.07, 6.45) is 5.40. The van der Waals surface area contributed by atoms with Crippen LogP contribution in [0.4, 0.5) is 0 Å². The second kappa shape index (κ2) is 9.84. The Balaban J connectivity index is 2.08. The third-order valence-electron chi connectivity index (χ3n) is 8.51. The molecular formula is C28H43NO3Si. The van der Waals surface area contributed by atoms with E-state index in [0.29, 0.717) is 24.2 Å². The van der Waals surface area contributed by atoms with E-state index >= 15 is 0 Å². The van der Waals surface area contributed by atoms with E-state index < -0.39 is 8.32 Å². The smallest absolute Gasteiger partial charge is 0.192 e. The summed E-state index contributed by atoms with van der Waals surface area (Å²) >= 11 is 0. The molecule has 0 aromatic heterocycles. The second-order valence-electron chi connectivity index (χ2n) is 11.8. The summed E-state index contributed by atoms with van der Waals surface area (Å²) in [5, 5.41) is 10.0. The number of rotatable bonds is 6. The molecule has 5 heteroatoms. The molecule has 1 saturated carbocycles. The monoisotopic (exact) mass is 469 g/mol. The van der Waals surface area contributed by atoms with Crippen molar-refractivity contribution in [3.05, 3.63) is 35.4 Å². The Hall–Kier alpha value is -1.77. The third kappa shape index (κ3) is 5.33. The second-order valence-corrected chi connectivity index (χ2v) is 16.5. The molecule has 0 unspecified atom stereocenters. The molecule has 2 aliphatic carbocycles. The number of fused-ring (bicyclic) bond motifs is 1. The van der Waals surface area contributed by atoms with Crippen molar-refractivity contribution in [3.8, 4) is 17.6 Å². The van der Waals surface area contributed by atoms with Crippen LogP contribution in [0.2, 0.25) is 18.1 Å². The quantitative estimate of drug-likeness (QED) is 0.323. The number of hydrogen-bond donors (Lipinski definition) is 0. The van der Waals surface area contributed by atoms with E-state index in [1.165, 1.54) is 12.0 Å². The molecule has 33 heavy (non-hydrogen) atoms. The summed E-state index contributed by atoms with van der Waals surface area (Å²) in [5.41, 5.74) is 2.60. The molecule has 1 fully saturated rings. The number of allylic oxidation sites excluding steroid dienone is 2. The predicted molar refractivity (Wildman–Crippen MR) is 137 cm³/mol. The zero-order chi connectivity index (χ0) is 24.6. The van der Waals surface area contributed by atoms with Gasteiger partial charge < -0.3 is 13.9 Å². The SMILES string of the molecule is COc1cc(OC)cc([C@H]2C=C(C)[C@H]3C[C@@H](C)C[C@H](O[Si](C)(C)C(C)(C)C)[C@@H]3[C@H]2CC#N)c1. The van der Waals surface area contributed by atoms with Gasteiger partial charge in [-0.2, -0.15) is 5.26 Å². The number of nitriles is 1. The Labute approximate surface area is 202 Å². The summed E-state index contributed by atoms with van der Waals surface area (Å²) in [6.45, 7) is 16.3. The van der Waals surface area contributed by atoms with Crippen LogP contribution < -0.4 is 9.47 Å². The minimum Gasteiger partial charge on any atom is -0.497 e. The Kier molecular flexibility index (Phi) is 7.71. The summed E-state index contributed by atoms with van der Waals surface area (Å²) in [7, 11) is 1.43. The molecule has 2 aliphatic rings. The predicted octanol–water partition coefficient (Wildman–Crippen LogP) is 7.33. The highest BCUT2D eigenvalue weighted by Crippen LogP contribution is 2.54. The fourth-order valence-corrected chi connectivity index (χ4v) is 7.11. The summed E-state index contributed by atoms with van der Waals surface area (Å²) in [4.78, 5) is 0. The van der Waals surface area contributed by atoms with Crippen molar-refractivity contribution in [2.24, 2.45) is 23.7 Å². The maximum atomic E-state index is 9.89. The van der Waals surface area contributed by atoms with E-state index in [1.807, 2.05) is 6.07 Å². The van der Waals surface area contributed by atoms with Gasteiger partial charge in [-0.15, -0.1) is 0 Å². The lowest BCUT2D eigenvalue weighted by Gasteiger charge is -2.52. The van der Waals surface area contributed by atoms with Crippen LogP contribution in [0.3, 0.4) is 0 Å². The molecule has 0 radical (unpaired) electrons. The van der Waals surface area contributed by atoms with E-state index in [-0.39, 0.29) is 23.0 Å². The van der Waals surface area contributed by atoms with Crippen molar-refractivity contribution in [1.82, 2.24) is 0 Å². The molecule has 0 bridgehead atoms. The van der Waals surface area contributed by atoms with Crippen LogP contribution in [0, 0.1) is 35.0 Å². The summed E-state index contributed by atoms with van der Waals surface area (Å²) in [5.74, 6) is 3.39. The van der Waals surface area contributed by atoms with Crippen molar-refractivity contribution in [2.75, 3.05) is 14.2 Å². The van der Waals surface area contributed by atoms with E-state index in [1.54, 1.807) is 14.2 Å². The molecule has 4 nitrogen and oxygen atoms in total. The maximum absolute atomic E-state index is 9.89. The van der Waals surface area contributed by atoms with Crippen molar-refractivity contribution < 1.29 is 13.9 Å². The first-order valence-corrected chi connectivity index (χ1v) is 15.3. The standard InChI is InChI=1S/C28H43NO3Si/c1-18-12-24-19(2)14-25(20-15-21(30-6)17-22(16-20)31-7)23(10-11-29)27(24)26(13-18)32-33(8,9)28(3,4)5/h14-18,23-27H,10,12-13H2,1-9H3/t18-,23+,24-,25-,26+,27-/m1/s1. The number of methoxy groups -OCH3 is 2. The van der Waals surface area contributed by atoms with Crippen LogP contribution in [-0.2, 0) is 4.43 Å². The highest BCUT2D eigenvalue weighted by atomic mass is 28.4. The molecule has 1 aromatic carbocycles. The Morgan fingerprint density at radius 1 is 1.06 bits per heavy atom. The highest BCUT2D eigenvalue weighted by Gasteiger charge is 2.50. The largest absolute Gasteiger partial charge is 0.497 e. The lowest BCUT2D eigenvalue weighted by molar-refractivity contribution is -0.00932. The number of hydrogen-bond acceptors (Lipinski definition) is 4. The fourth-order valence-electron chi connectivity index (χ4n) is 5.75. The van der Waals surface area contributed by atoms with Crippen molar-refractivity contribution in [1.29, 1.82) is 5.26 Å². The van der Waals surface area contributed by atoms with Crippen LogP contribution in [0.1, 0.15) is 65.4 Å². The molecule has 0 spiro atoms. The van der Waals surface area contributed by atoms with Crippen LogP contribution in [0.5, 0.6) is 11.5 Å². The van der Waals surface area contributed by atoms with Crippen molar-refractivity contribution in [2.45, 2.75) is 84.0 Å². The van der Waals surface area contributed by atoms with Gasteiger partial charge in [0.25, 0.3) is 0 Å². The molecule has 0 heterocycles. The van der Waals surface area contributed by atoms with Gasteiger partial charge in [0.2, 0.25) is 0 Å². The van der Waals surface area contributed by atoms with Gasteiger partial charge in [0.05, 0.1) is 20.3 Å². The van der Waals surface area contributed by atoms with Gasteiger partial charge in [0, 0.05) is 24.5 Å². The first-order chi connectivity index (χ1) is 15.4. The molecular weight excluding hydrogens is 426 g/mol. The molecule has 1 aromatic rings. The molecule has 0 saturated heterocycles. The van der Waals surface area contributed by atoms with Gasteiger partial charge in [-0.25, -0.2) is 0 Å². The molecule has 6 atom stereocenters. The number of nitrogens with zero attached hydrogens (tertiary/aromatic N) is 1. The fraction of sp³-hybridized carbons (Fsp3) is 0.679. The number of benzene rings is 1. The van der Waals surface area contributed by atoms with Crippen LogP contribution in [0.25, 0.3) is 0 Å². The summed E-state index contributed by atoms with van der Waals surface area (Å²) in [6, 6.07) is 8.66. The topological polar surface area (TPSA) is 51.5 Å². The third-order valence-corrected chi connectivity index (χ3v) is 13.0. The van der Waals surface area contributed by atoms with Gasteiger partial charge in [-0.1, -0.05) is 39.3 Å². The lowest BCUT2D eigenvalue weighted by atomic mass is 9.57. The van der Waals surface area contributed by atoms with E-state index in [0.717, 1.165) is 23.5 Å². The van der Waals surface area contributed by atoms with E-state index in [2.05, 4.69) is 72.0 Å². The van der Waals surface area contributed by atoms with Gasteiger partial charge in [-0.05, 0) is 79.3 Å². The molecule has 0 aliphatic heterocycles. The van der Waals surface area contributed by atoms with Gasteiger partial charge >= 0.3 is 0 Å². The normalized spacial score (nSPS) is 30.1. The average molecular weight is 470 g/mol. The minimum atomic E-state index is -1.95. The van der Waals surface area contributed by atoms with Gasteiger partial charge in [0.15, 0.2) is 8.32 Å². The number of ether oxygens (including phenoxy) is 2. The molecule has 0 amide bonds. The molecule has 0 N–H and O–H groups in total. The first-order valence-electron chi connectivity index (χ1n) is 12.4. The first kappa shape index (κ1) is 25.8. The van der Waals surface area contributed by atoms with Crippen molar-refractivity contribution in [3.63, 3.8) is 0 Å². The van der Waals surface area contributed by atoms with E-state index in [4.69, 9.17) is 13.9 Å². The van der Waals surface area contributed by atoms with Gasteiger partial charge in [0.1, 0.15) is 11.5 Å². The minimum absolute atomic E-state index is 0.147. The van der Waals surface area contributed by atoms with Crippen LogP contribution in [0.15, 0.2) is 29.8 Å². The van der Waals surface area contributed by atoms with Crippen LogP contribution in [-0.4, -0.2) is 28.6 Å².